The first-order valence-electron chi connectivity index (χ1n) is 7.68. The number of anilines is 1. The van der Waals surface area contributed by atoms with Gasteiger partial charge >= 0.3 is 6.03 Å². The summed E-state index contributed by atoms with van der Waals surface area (Å²) >= 11 is 1.33. The number of primary amides is 2. The Bertz CT molecular complexity index is 827. The number of ether oxygens (including phenoxy) is 1. The smallest absolute Gasteiger partial charge is 0.317 e. The lowest BCUT2D eigenvalue weighted by atomic mass is 9.89. The van der Waals surface area contributed by atoms with Crippen molar-refractivity contribution in [3.63, 3.8) is 0 Å². The third-order valence-electron chi connectivity index (χ3n) is 3.83. The number of thiophene rings is 1. The second-order valence-corrected chi connectivity index (χ2v) is 6.97. The van der Waals surface area contributed by atoms with Crippen molar-refractivity contribution in [1.29, 1.82) is 0 Å². The number of carbonyl (C=O) groups is 2. The van der Waals surface area contributed by atoms with Crippen LogP contribution >= 0.6 is 11.3 Å². The first-order valence-corrected chi connectivity index (χ1v) is 8.50. The van der Waals surface area contributed by atoms with Gasteiger partial charge in [-0.3, -0.25) is 10.1 Å². The van der Waals surface area contributed by atoms with E-state index in [4.69, 9.17) is 16.2 Å². The fraction of sp³-hybridized carbons (Fsp3) is 0.294. The number of nitrogens with one attached hydrogen (secondary N) is 1. The highest BCUT2D eigenvalue weighted by atomic mass is 32.1. The maximum Gasteiger partial charge on any atom is 0.317 e. The van der Waals surface area contributed by atoms with E-state index < -0.39 is 11.9 Å². The fourth-order valence-corrected chi connectivity index (χ4v) is 4.30. The van der Waals surface area contributed by atoms with Crippen LogP contribution in [0.3, 0.4) is 0 Å². The molecule has 0 saturated heterocycles. The second-order valence-electron chi connectivity index (χ2n) is 5.95. The standard InChI is InChI=1S/C17H19N3O3S/c1-8(2)23-10-4-6-11-9(7-10)3-5-12-13(15(18)21)16(20-17(19)22)24-14(11)12/h4,6-8H,3,5H2,1-2H3,(H2,18,21)(H3,19,20,22). The zero-order valence-electron chi connectivity index (χ0n) is 13.5. The maximum absolute atomic E-state index is 11.8. The lowest BCUT2D eigenvalue weighted by Crippen LogP contribution is -2.22. The van der Waals surface area contributed by atoms with Crippen LogP contribution in [-0.4, -0.2) is 18.0 Å². The van der Waals surface area contributed by atoms with Gasteiger partial charge in [-0.05, 0) is 61.6 Å². The molecule has 0 radical (unpaired) electrons. The Kier molecular flexibility index (Phi) is 4.19. The molecule has 0 aliphatic heterocycles. The quantitative estimate of drug-likeness (QED) is 0.793. The van der Waals surface area contributed by atoms with Crippen molar-refractivity contribution in [3.05, 3.63) is 34.9 Å². The lowest BCUT2D eigenvalue weighted by Gasteiger charge is -2.19. The average molecular weight is 345 g/mol. The summed E-state index contributed by atoms with van der Waals surface area (Å²) in [7, 11) is 0. The molecular weight excluding hydrogens is 326 g/mol. The van der Waals surface area contributed by atoms with Gasteiger partial charge in [0, 0.05) is 4.88 Å². The molecule has 0 unspecified atom stereocenters. The summed E-state index contributed by atoms with van der Waals surface area (Å²) < 4.78 is 5.74. The monoisotopic (exact) mass is 345 g/mol. The van der Waals surface area contributed by atoms with Gasteiger partial charge in [-0.25, -0.2) is 4.79 Å². The van der Waals surface area contributed by atoms with Crippen LogP contribution in [0.4, 0.5) is 9.80 Å². The number of nitrogens with two attached hydrogens (primary N) is 2. The maximum atomic E-state index is 11.8. The third-order valence-corrected chi connectivity index (χ3v) is 5.01. The van der Waals surface area contributed by atoms with Crippen LogP contribution in [0.1, 0.15) is 35.3 Å². The van der Waals surface area contributed by atoms with E-state index in [0.717, 1.165) is 33.7 Å². The van der Waals surface area contributed by atoms with Crippen molar-refractivity contribution >= 4 is 28.3 Å². The number of rotatable bonds is 4. The highest BCUT2D eigenvalue weighted by molar-refractivity contribution is 7.20. The predicted octanol–water partition coefficient (Wildman–Crippen LogP) is 2.89. The van der Waals surface area contributed by atoms with Gasteiger partial charge in [0.2, 0.25) is 0 Å². The summed E-state index contributed by atoms with van der Waals surface area (Å²) in [5.74, 6) is 0.272. The van der Waals surface area contributed by atoms with Crippen LogP contribution in [-0.2, 0) is 12.8 Å². The van der Waals surface area contributed by atoms with Crippen LogP contribution in [0.15, 0.2) is 18.2 Å². The Balaban J connectivity index is 2.08. The number of carbonyl (C=O) groups excluding carboxylic acids is 2. The number of urea groups is 1. The number of hydrogen-bond donors (Lipinski definition) is 3. The van der Waals surface area contributed by atoms with E-state index in [2.05, 4.69) is 5.32 Å². The molecule has 1 aromatic heterocycles. The Morgan fingerprint density at radius 2 is 2.00 bits per heavy atom. The molecule has 0 saturated carbocycles. The van der Waals surface area contributed by atoms with Crippen molar-refractivity contribution in [2.45, 2.75) is 32.8 Å². The summed E-state index contributed by atoms with van der Waals surface area (Å²) in [6, 6.07) is 5.22. The van der Waals surface area contributed by atoms with E-state index in [0.29, 0.717) is 17.0 Å². The first-order chi connectivity index (χ1) is 11.4. The number of amides is 3. The molecule has 0 bridgehead atoms. The van der Waals surface area contributed by atoms with E-state index in [1.165, 1.54) is 11.3 Å². The minimum atomic E-state index is -0.711. The highest BCUT2D eigenvalue weighted by Crippen LogP contribution is 2.45. The van der Waals surface area contributed by atoms with Gasteiger partial charge in [-0.15, -0.1) is 11.3 Å². The minimum Gasteiger partial charge on any atom is -0.491 e. The van der Waals surface area contributed by atoms with Crippen LogP contribution in [0.25, 0.3) is 10.4 Å². The van der Waals surface area contributed by atoms with Gasteiger partial charge in [-0.2, -0.15) is 0 Å². The lowest BCUT2D eigenvalue weighted by molar-refractivity contribution is 0.100. The number of hydrogen-bond acceptors (Lipinski definition) is 4. The molecule has 1 aliphatic rings. The third kappa shape index (κ3) is 2.94. The first kappa shape index (κ1) is 16.3. The molecular formula is C17H19N3O3S. The normalized spacial score (nSPS) is 12.5. The molecule has 0 spiro atoms. The van der Waals surface area contributed by atoms with Gasteiger partial charge in [0.05, 0.1) is 11.7 Å². The Morgan fingerprint density at radius 1 is 1.25 bits per heavy atom. The molecule has 3 amide bonds. The summed E-state index contributed by atoms with van der Waals surface area (Å²) in [5.41, 5.74) is 14.1. The van der Waals surface area contributed by atoms with Gasteiger partial charge in [0.1, 0.15) is 10.8 Å². The molecule has 7 heteroatoms. The summed E-state index contributed by atoms with van der Waals surface area (Å²) in [6.45, 7) is 3.97. The van der Waals surface area contributed by atoms with E-state index >= 15 is 0 Å². The van der Waals surface area contributed by atoms with Crippen LogP contribution in [0.2, 0.25) is 0 Å². The molecule has 24 heavy (non-hydrogen) atoms. The van der Waals surface area contributed by atoms with Crippen molar-refractivity contribution in [1.82, 2.24) is 0 Å². The number of fused-ring (bicyclic) bond motifs is 3. The topological polar surface area (TPSA) is 107 Å². The van der Waals surface area contributed by atoms with E-state index in [-0.39, 0.29) is 6.10 Å². The Hall–Kier alpha value is -2.54. The second kappa shape index (κ2) is 6.16. The van der Waals surface area contributed by atoms with Crippen LogP contribution in [0.5, 0.6) is 5.75 Å². The molecule has 0 fully saturated rings. The summed E-state index contributed by atoms with van der Waals surface area (Å²) in [6.07, 6.45) is 1.57. The van der Waals surface area contributed by atoms with Gasteiger partial charge in [0.25, 0.3) is 5.91 Å². The number of benzene rings is 1. The van der Waals surface area contributed by atoms with Crippen molar-refractivity contribution in [2.75, 3.05) is 5.32 Å². The van der Waals surface area contributed by atoms with E-state index in [1.807, 2.05) is 32.0 Å². The van der Waals surface area contributed by atoms with Crippen LogP contribution < -0.4 is 21.5 Å². The molecule has 6 nitrogen and oxygen atoms in total. The van der Waals surface area contributed by atoms with E-state index in [1.54, 1.807) is 0 Å². The molecule has 3 rings (SSSR count). The summed E-state index contributed by atoms with van der Waals surface area (Å²) in [5, 5.41) is 2.92. The van der Waals surface area contributed by atoms with Crippen molar-refractivity contribution in [3.8, 4) is 16.2 Å². The predicted molar refractivity (Wildman–Crippen MR) is 94.7 cm³/mol. The van der Waals surface area contributed by atoms with Gasteiger partial charge in [-0.1, -0.05) is 0 Å². The minimum absolute atomic E-state index is 0.108. The largest absolute Gasteiger partial charge is 0.491 e. The Labute approximate surface area is 143 Å². The zero-order chi connectivity index (χ0) is 17.4. The Morgan fingerprint density at radius 3 is 2.62 bits per heavy atom. The highest BCUT2D eigenvalue weighted by Gasteiger charge is 2.27. The zero-order valence-corrected chi connectivity index (χ0v) is 14.3. The molecule has 2 aromatic rings. The summed E-state index contributed by atoms with van der Waals surface area (Å²) in [4.78, 5) is 24.0. The van der Waals surface area contributed by atoms with Crippen LogP contribution in [0, 0.1) is 0 Å². The molecule has 1 aromatic carbocycles. The molecule has 1 aliphatic carbocycles. The van der Waals surface area contributed by atoms with E-state index in [9.17, 15) is 9.59 Å². The molecule has 5 N–H and O–H groups in total. The van der Waals surface area contributed by atoms with Crippen molar-refractivity contribution < 1.29 is 14.3 Å². The molecule has 0 atom stereocenters. The average Bonchev–Trinajstić information content (AvgIpc) is 2.83. The number of aryl methyl sites for hydroxylation is 1. The SMILES string of the molecule is CC(C)Oc1ccc2c(c1)CCc1c-2sc(NC(N)=O)c1C(N)=O. The van der Waals surface area contributed by atoms with Crippen molar-refractivity contribution in [2.24, 2.45) is 11.5 Å². The van der Waals surface area contributed by atoms with Gasteiger partial charge in [0.15, 0.2) is 0 Å². The molecule has 1 heterocycles. The van der Waals surface area contributed by atoms with Gasteiger partial charge < -0.3 is 16.2 Å². The molecule has 126 valence electrons. The fourth-order valence-electron chi connectivity index (χ4n) is 2.99.